The van der Waals surface area contributed by atoms with Gasteiger partial charge in [-0.1, -0.05) is 36.4 Å². The average Bonchev–Trinajstić information content (AvgIpc) is 3.29. The molecule has 1 saturated heterocycles. The van der Waals surface area contributed by atoms with Crippen molar-refractivity contribution in [1.82, 2.24) is 25.1 Å². The normalized spacial score (nSPS) is 15.9. The highest BCUT2D eigenvalue weighted by Crippen LogP contribution is 2.36. The van der Waals surface area contributed by atoms with Crippen LogP contribution in [0.25, 0.3) is 5.69 Å². The topological polar surface area (TPSA) is 101 Å². The lowest BCUT2D eigenvalue weighted by molar-refractivity contribution is -0.145. The Morgan fingerprint density at radius 1 is 1.00 bits per heavy atom. The van der Waals surface area contributed by atoms with E-state index >= 15 is 0 Å². The first kappa shape index (κ1) is 17.8. The largest absolute Gasteiger partial charge is 0.481 e. The van der Waals surface area contributed by atoms with Crippen molar-refractivity contribution in [1.29, 1.82) is 0 Å². The van der Waals surface area contributed by atoms with Gasteiger partial charge in [-0.25, -0.2) is 4.68 Å². The minimum atomic E-state index is -0.952. The highest BCUT2D eigenvalue weighted by atomic mass is 16.4. The number of carbonyl (C=O) groups excluding carboxylic acids is 1. The third-order valence-electron chi connectivity index (χ3n) is 5.35. The van der Waals surface area contributed by atoms with Crippen molar-refractivity contribution in [3.63, 3.8) is 0 Å². The summed E-state index contributed by atoms with van der Waals surface area (Å²) in [5.41, 5.74) is 1.05. The van der Waals surface area contributed by atoms with Crippen molar-refractivity contribution in [2.24, 2.45) is 0 Å². The number of carboxylic acids is 1. The smallest absolute Gasteiger partial charge is 0.314 e. The second-order valence-corrected chi connectivity index (χ2v) is 6.85. The zero-order valence-corrected chi connectivity index (χ0v) is 15.1. The number of aromatic nitrogens is 4. The Bertz CT molecular complexity index is 980. The monoisotopic (exact) mass is 377 g/mol. The molecule has 0 atom stereocenters. The predicted octanol–water partition coefficient (Wildman–Crippen LogP) is 1.92. The standard InChI is InChI=1S/C20H19N5O3/c26-18(15-5-4-8-17(13-15)25-14-21-22-23-25)24-11-9-20(10-12-24,19(27)28)16-6-2-1-3-7-16/h1-8,13-14H,9-12H2,(H,27,28). The number of benzene rings is 2. The third kappa shape index (κ3) is 3.13. The van der Waals surface area contributed by atoms with Crippen molar-refractivity contribution < 1.29 is 14.7 Å². The van der Waals surface area contributed by atoms with E-state index in [9.17, 15) is 14.7 Å². The summed E-state index contributed by atoms with van der Waals surface area (Å²) in [7, 11) is 0. The van der Waals surface area contributed by atoms with E-state index in [2.05, 4.69) is 15.5 Å². The molecule has 0 bridgehead atoms. The average molecular weight is 377 g/mol. The van der Waals surface area contributed by atoms with Gasteiger partial charge in [-0.2, -0.15) is 0 Å². The molecule has 1 amide bonds. The Hall–Kier alpha value is -3.55. The first-order valence-electron chi connectivity index (χ1n) is 9.02. The molecule has 0 saturated carbocycles. The fraction of sp³-hybridized carbons (Fsp3) is 0.250. The van der Waals surface area contributed by atoms with Crippen LogP contribution in [0.5, 0.6) is 0 Å². The number of carboxylic acid groups (broad SMARTS) is 1. The van der Waals surface area contributed by atoms with E-state index in [0.29, 0.717) is 37.2 Å². The molecule has 1 aromatic heterocycles. The van der Waals surface area contributed by atoms with Crippen LogP contribution in [-0.2, 0) is 10.2 Å². The highest BCUT2D eigenvalue weighted by molar-refractivity contribution is 5.95. The molecular weight excluding hydrogens is 358 g/mol. The summed E-state index contributed by atoms with van der Waals surface area (Å²) in [6.45, 7) is 0.768. The second kappa shape index (κ2) is 7.22. The van der Waals surface area contributed by atoms with Crippen LogP contribution in [0.1, 0.15) is 28.8 Å². The number of likely N-dealkylation sites (tertiary alicyclic amines) is 1. The number of rotatable bonds is 4. The Labute approximate surface area is 161 Å². The molecule has 0 unspecified atom stereocenters. The van der Waals surface area contributed by atoms with Gasteiger partial charge in [-0.3, -0.25) is 9.59 Å². The van der Waals surface area contributed by atoms with Crippen LogP contribution in [0, 0.1) is 0 Å². The molecule has 0 radical (unpaired) electrons. The molecular formula is C20H19N5O3. The molecule has 28 heavy (non-hydrogen) atoms. The quantitative estimate of drug-likeness (QED) is 0.745. The van der Waals surface area contributed by atoms with Crippen molar-refractivity contribution in [2.45, 2.75) is 18.3 Å². The number of hydrogen-bond donors (Lipinski definition) is 1. The van der Waals surface area contributed by atoms with Gasteiger partial charge >= 0.3 is 5.97 Å². The lowest BCUT2D eigenvalue weighted by Crippen LogP contribution is -2.49. The van der Waals surface area contributed by atoms with Gasteiger partial charge in [0.15, 0.2) is 0 Å². The fourth-order valence-corrected chi connectivity index (χ4v) is 3.72. The Kier molecular flexibility index (Phi) is 4.60. The SMILES string of the molecule is O=C(c1cccc(-n2cnnn2)c1)N1CCC(C(=O)O)(c2ccccc2)CC1. The summed E-state index contributed by atoms with van der Waals surface area (Å²) in [6.07, 6.45) is 2.22. The van der Waals surface area contributed by atoms with Crippen LogP contribution >= 0.6 is 0 Å². The summed E-state index contributed by atoms with van der Waals surface area (Å²) in [5, 5.41) is 20.9. The van der Waals surface area contributed by atoms with Gasteiger partial charge in [0.2, 0.25) is 0 Å². The van der Waals surface area contributed by atoms with E-state index in [4.69, 9.17) is 0 Å². The predicted molar refractivity (Wildman–Crippen MR) is 100 cm³/mol. The Morgan fingerprint density at radius 2 is 1.75 bits per heavy atom. The molecule has 2 aromatic carbocycles. The van der Waals surface area contributed by atoms with E-state index < -0.39 is 11.4 Å². The lowest BCUT2D eigenvalue weighted by atomic mass is 9.73. The Balaban J connectivity index is 1.53. The van der Waals surface area contributed by atoms with Crippen LogP contribution < -0.4 is 0 Å². The highest BCUT2D eigenvalue weighted by Gasteiger charge is 2.43. The van der Waals surface area contributed by atoms with E-state index in [-0.39, 0.29) is 5.91 Å². The summed E-state index contributed by atoms with van der Waals surface area (Å²) in [5.74, 6) is -0.964. The van der Waals surface area contributed by atoms with Crippen molar-refractivity contribution in [2.75, 3.05) is 13.1 Å². The number of amides is 1. The molecule has 1 aliphatic rings. The zero-order chi connectivity index (χ0) is 19.6. The van der Waals surface area contributed by atoms with Gasteiger partial charge in [0.05, 0.1) is 11.1 Å². The molecule has 142 valence electrons. The van der Waals surface area contributed by atoms with Gasteiger partial charge in [-0.15, -0.1) is 5.10 Å². The Morgan fingerprint density at radius 3 is 2.39 bits per heavy atom. The molecule has 8 heteroatoms. The maximum Gasteiger partial charge on any atom is 0.314 e. The summed E-state index contributed by atoms with van der Waals surface area (Å²) >= 11 is 0. The fourth-order valence-electron chi connectivity index (χ4n) is 3.72. The van der Waals surface area contributed by atoms with Crippen LogP contribution in [0.15, 0.2) is 60.9 Å². The van der Waals surface area contributed by atoms with Gasteiger partial charge in [0.1, 0.15) is 6.33 Å². The van der Waals surface area contributed by atoms with Crippen molar-refractivity contribution in [3.8, 4) is 5.69 Å². The molecule has 1 N–H and O–H groups in total. The van der Waals surface area contributed by atoms with Gasteiger partial charge in [0.25, 0.3) is 5.91 Å². The number of aliphatic carboxylic acids is 1. The second-order valence-electron chi connectivity index (χ2n) is 6.85. The van der Waals surface area contributed by atoms with Crippen LogP contribution in [-0.4, -0.2) is 55.2 Å². The molecule has 8 nitrogen and oxygen atoms in total. The number of carbonyl (C=O) groups is 2. The minimum absolute atomic E-state index is 0.123. The number of tetrazole rings is 1. The van der Waals surface area contributed by atoms with Crippen molar-refractivity contribution in [3.05, 3.63) is 72.1 Å². The first-order chi connectivity index (χ1) is 13.6. The van der Waals surface area contributed by atoms with Crippen molar-refractivity contribution >= 4 is 11.9 Å². The van der Waals surface area contributed by atoms with Crippen LogP contribution in [0.4, 0.5) is 0 Å². The molecule has 4 rings (SSSR count). The zero-order valence-electron chi connectivity index (χ0n) is 15.1. The maximum absolute atomic E-state index is 13.0. The maximum atomic E-state index is 13.0. The summed E-state index contributed by atoms with van der Waals surface area (Å²) in [6, 6.07) is 16.3. The van der Waals surface area contributed by atoms with E-state index in [0.717, 1.165) is 5.56 Å². The van der Waals surface area contributed by atoms with Gasteiger partial charge in [0, 0.05) is 18.7 Å². The van der Waals surface area contributed by atoms with Gasteiger partial charge < -0.3 is 10.0 Å². The van der Waals surface area contributed by atoms with E-state index in [1.165, 1.54) is 11.0 Å². The molecule has 1 fully saturated rings. The number of hydrogen-bond acceptors (Lipinski definition) is 5. The van der Waals surface area contributed by atoms with E-state index in [1.54, 1.807) is 23.1 Å². The van der Waals surface area contributed by atoms with Gasteiger partial charge in [-0.05, 0) is 47.0 Å². The number of piperidine rings is 1. The summed E-state index contributed by atoms with van der Waals surface area (Å²) in [4.78, 5) is 26.7. The minimum Gasteiger partial charge on any atom is -0.481 e. The molecule has 2 heterocycles. The van der Waals surface area contributed by atoms with Crippen LogP contribution in [0.3, 0.4) is 0 Å². The lowest BCUT2D eigenvalue weighted by Gasteiger charge is -2.39. The molecule has 0 spiro atoms. The van der Waals surface area contributed by atoms with Crippen LogP contribution in [0.2, 0.25) is 0 Å². The number of nitrogens with zero attached hydrogens (tertiary/aromatic N) is 5. The summed E-state index contributed by atoms with van der Waals surface area (Å²) < 4.78 is 1.48. The molecule has 3 aromatic rings. The molecule has 1 aliphatic heterocycles. The molecule has 0 aliphatic carbocycles. The third-order valence-corrected chi connectivity index (χ3v) is 5.35. The first-order valence-corrected chi connectivity index (χ1v) is 9.02. The van der Waals surface area contributed by atoms with E-state index in [1.807, 2.05) is 36.4 Å².